The molecule has 0 saturated carbocycles. The zero-order chi connectivity index (χ0) is 24.7. The van der Waals surface area contributed by atoms with E-state index in [1.807, 2.05) is 11.5 Å². The number of aromatic nitrogens is 1. The standard InChI is InChI=1S/C24H19FN4O4S/c1-13-4-7-19(12-21(13)29(32)33)27-14(2)10-16(15(27)3)11-20-22(30)26-24(34)28(23(20)31)18-8-5-17(25)6-9-18/h4-12H,1-3H3,(H,26,30,34)/b20-11-. The van der Waals surface area contributed by atoms with Gasteiger partial charge in [0, 0.05) is 23.0 Å². The molecule has 1 aliphatic heterocycles. The fourth-order valence-corrected chi connectivity index (χ4v) is 4.18. The van der Waals surface area contributed by atoms with Gasteiger partial charge >= 0.3 is 0 Å². The van der Waals surface area contributed by atoms with Gasteiger partial charge in [-0.3, -0.25) is 29.9 Å². The topological polar surface area (TPSA) is 97.5 Å². The zero-order valence-electron chi connectivity index (χ0n) is 18.5. The van der Waals surface area contributed by atoms with Crippen LogP contribution >= 0.6 is 12.2 Å². The van der Waals surface area contributed by atoms with E-state index in [1.54, 1.807) is 32.0 Å². The quantitative estimate of drug-likeness (QED) is 0.198. The number of aryl methyl sites for hydroxylation is 2. The molecule has 0 bridgehead atoms. The average Bonchev–Trinajstić information content (AvgIpc) is 3.05. The molecule has 172 valence electrons. The molecule has 1 aromatic heterocycles. The Kier molecular flexibility index (Phi) is 5.84. The summed E-state index contributed by atoms with van der Waals surface area (Å²) in [5, 5.41) is 13.8. The molecule has 1 aliphatic rings. The molecule has 1 fully saturated rings. The molecular formula is C24H19FN4O4S. The lowest BCUT2D eigenvalue weighted by Crippen LogP contribution is -2.54. The molecule has 3 aromatic rings. The molecule has 0 spiro atoms. The van der Waals surface area contributed by atoms with E-state index in [9.17, 15) is 24.1 Å². The van der Waals surface area contributed by atoms with Crippen molar-refractivity contribution in [1.82, 2.24) is 9.88 Å². The van der Waals surface area contributed by atoms with Gasteiger partial charge in [-0.15, -0.1) is 0 Å². The number of amides is 2. The van der Waals surface area contributed by atoms with Crippen molar-refractivity contribution < 1.29 is 18.9 Å². The predicted octanol–water partition coefficient (Wildman–Crippen LogP) is 4.28. The first-order chi connectivity index (χ1) is 16.1. The van der Waals surface area contributed by atoms with E-state index in [0.717, 1.165) is 10.6 Å². The van der Waals surface area contributed by atoms with Gasteiger partial charge in [-0.2, -0.15) is 0 Å². The molecule has 10 heteroatoms. The van der Waals surface area contributed by atoms with E-state index in [2.05, 4.69) is 5.32 Å². The predicted molar refractivity (Wildman–Crippen MR) is 129 cm³/mol. The van der Waals surface area contributed by atoms with Gasteiger partial charge < -0.3 is 4.57 Å². The Morgan fingerprint density at radius 2 is 1.68 bits per heavy atom. The number of carbonyl (C=O) groups excluding carboxylic acids is 2. The summed E-state index contributed by atoms with van der Waals surface area (Å²) in [5.74, 6) is -1.76. The lowest BCUT2D eigenvalue weighted by Gasteiger charge is -2.28. The van der Waals surface area contributed by atoms with Gasteiger partial charge in [0.25, 0.3) is 17.5 Å². The monoisotopic (exact) mass is 478 g/mol. The fourth-order valence-electron chi connectivity index (χ4n) is 3.90. The lowest BCUT2D eigenvalue weighted by atomic mass is 10.1. The Bertz CT molecular complexity index is 1410. The van der Waals surface area contributed by atoms with Gasteiger partial charge in [0.05, 0.1) is 16.3 Å². The van der Waals surface area contributed by atoms with Gasteiger partial charge in [-0.25, -0.2) is 4.39 Å². The number of hydrogen-bond donors (Lipinski definition) is 1. The molecule has 0 unspecified atom stereocenters. The Hall–Kier alpha value is -4.18. The number of carbonyl (C=O) groups is 2. The van der Waals surface area contributed by atoms with Gasteiger partial charge in [0.1, 0.15) is 11.4 Å². The summed E-state index contributed by atoms with van der Waals surface area (Å²) in [5.41, 5.74) is 3.33. The Balaban J connectivity index is 1.77. The number of nitro benzene ring substituents is 1. The summed E-state index contributed by atoms with van der Waals surface area (Å²) in [6.45, 7) is 5.28. The molecule has 1 N–H and O–H groups in total. The molecule has 2 heterocycles. The van der Waals surface area contributed by atoms with Crippen LogP contribution in [0.2, 0.25) is 0 Å². The molecular weight excluding hydrogens is 459 g/mol. The van der Waals surface area contributed by atoms with Crippen LogP contribution in [0.5, 0.6) is 0 Å². The third kappa shape index (κ3) is 3.99. The average molecular weight is 479 g/mol. The highest BCUT2D eigenvalue weighted by Gasteiger charge is 2.34. The first kappa shape index (κ1) is 23.0. The maximum Gasteiger partial charge on any atom is 0.274 e. The Labute approximate surface area is 199 Å². The number of thiocarbonyl (C=S) groups is 1. The maximum atomic E-state index is 13.3. The molecule has 4 rings (SSSR count). The molecule has 1 saturated heterocycles. The van der Waals surface area contributed by atoms with Crippen LogP contribution in [0.15, 0.2) is 54.1 Å². The van der Waals surface area contributed by atoms with Crippen molar-refractivity contribution in [3.8, 4) is 5.69 Å². The van der Waals surface area contributed by atoms with Crippen LogP contribution in [0.25, 0.3) is 11.8 Å². The highest BCUT2D eigenvalue weighted by molar-refractivity contribution is 7.80. The summed E-state index contributed by atoms with van der Waals surface area (Å²) in [4.78, 5) is 37.9. The normalized spacial score (nSPS) is 15.1. The SMILES string of the molecule is Cc1ccc(-n2c(C)cc(/C=C3/C(=O)NC(=S)N(c4ccc(F)cc4)C3=O)c2C)cc1[N+](=O)[O-]. The highest BCUT2D eigenvalue weighted by Crippen LogP contribution is 2.28. The minimum Gasteiger partial charge on any atom is -0.318 e. The summed E-state index contributed by atoms with van der Waals surface area (Å²) in [7, 11) is 0. The van der Waals surface area contributed by atoms with Crippen molar-refractivity contribution in [1.29, 1.82) is 0 Å². The molecule has 0 radical (unpaired) electrons. The van der Waals surface area contributed by atoms with Crippen LogP contribution < -0.4 is 10.2 Å². The number of nitrogens with zero attached hydrogens (tertiary/aromatic N) is 3. The maximum absolute atomic E-state index is 13.3. The number of hydrogen-bond acceptors (Lipinski definition) is 5. The van der Waals surface area contributed by atoms with Gasteiger partial charge in [-0.05, 0) is 81.0 Å². The third-order valence-corrected chi connectivity index (χ3v) is 5.89. The van der Waals surface area contributed by atoms with Crippen molar-refractivity contribution in [3.05, 3.63) is 92.6 Å². The number of halogens is 1. The van der Waals surface area contributed by atoms with E-state index in [4.69, 9.17) is 12.2 Å². The van der Waals surface area contributed by atoms with E-state index in [1.165, 1.54) is 36.4 Å². The largest absolute Gasteiger partial charge is 0.318 e. The molecule has 0 atom stereocenters. The second-order valence-corrected chi connectivity index (χ2v) is 8.21. The first-order valence-electron chi connectivity index (χ1n) is 10.2. The van der Waals surface area contributed by atoms with Crippen LogP contribution in [0.4, 0.5) is 15.8 Å². The minimum atomic E-state index is -0.649. The summed E-state index contributed by atoms with van der Waals surface area (Å²) < 4.78 is 15.1. The molecule has 8 nitrogen and oxygen atoms in total. The summed E-state index contributed by atoms with van der Waals surface area (Å²) in [6, 6.07) is 11.9. The first-order valence-corrected chi connectivity index (χ1v) is 10.6. The van der Waals surface area contributed by atoms with Crippen molar-refractivity contribution >= 4 is 46.6 Å². The number of nitro groups is 1. The molecule has 2 amide bonds. The van der Waals surface area contributed by atoms with Crippen LogP contribution in [0, 0.1) is 36.7 Å². The number of nitrogens with one attached hydrogen (secondary N) is 1. The second-order valence-electron chi connectivity index (χ2n) is 7.82. The van der Waals surface area contributed by atoms with Crippen LogP contribution in [0.1, 0.15) is 22.5 Å². The van der Waals surface area contributed by atoms with Crippen molar-refractivity contribution in [3.63, 3.8) is 0 Å². The minimum absolute atomic E-state index is 0.00445. The number of rotatable bonds is 4. The van der Waals surface area contributed by atoms with E-state index in [-0.39, 0.29) is 16.4 Å². The smallest absolute Gasteiger partial charge is 0.274 e. The number of anilines is 1. The van der Waals surface area contributed by atoms with Crippen molar-refractivity contribution in [2.75, 3.05) is 4.90 Å². The van der Waals surface area contributed by atoms with Crippen LogP contribution in [0.3, 0.4) is 0 Å². The lowest BCUT2D eigenvalue weighted by molar-refractivity contribution is -0.385. The fraction of sp³-hybridized carbons (Fsp3) is 0.125. The molecule has 0 aliphatic carbocycles. The summed E-state index contributed by atoms with van der Waals surface area (Å²) in [6.07, 6.45) is 1.46. The molecule has 2 aromatic carbocycles. The van der Waals surface area contributed by atoms with Crippen molar-refractivity contribution in [2.24, 2.45) is 0 Å². The van der Waals surface area contributed by atoms with Gasteiger partial charge in [-0.1, -0.05) is 6.07 Å². The summed E-state index contributed by atoms with van der Waals surface area (Å²) >= 11 is 5.16. The number of benzene rings is 2. The van der Waals surface area contributed by atoms with Crippen LogP contribution in [-0.4, -0.2) is 26.4 Å². The van der Waals surface area contributed by atoms with E-state index < -0.39 is 22.6 Å². The Morgan fingerprint density at radius 1 is 1.03 bits per heavy atom. The molecule has 34 heavy (non-hydrogen) atoms. The van der Waals surface area contributed by atoms with Gasteiger partial charge in [0.2, 0.25) is 0 Å². The van der Waals surface area contributed by atoms with Gasteiger partial charge in [0.15, 0.2) is 5.11 Å². The van der Waals surface area contributed by atoms with E-state index >= 15 is 0 Å². The second kappa shape index (κ2) is 8.64. The highest BCUT2D eigenvalue weighted by atomic mass is 32.1. The van der Waals surface area contributed by atoms with Crippen LogP contribution in [-0.2, 0) is 9.59 Å². The Morgan fingerprint density at radius 3 is 2.32 bits per heavy atom. The van der Waals surface area contributed by atoms with E-state index in [0.29, 0.717) is 28.2 Å². The third-order valence-electron chi connectivity index (χ3n) is 5.60. The zero-order valence-corrected chi connectivity index (χ0v) is 19.3. The van der Waals surface area contributed by atoms with Crippen molar-refractivity contribution in [2.45, 2.75) is 20.8 Å².